The lowest BCUT2D eigenvalue weighted by molar-refractivity contribution is -0.255. The maximum atomic E-state index is 11.1. The average Bonchev–Trinajstić information content (AvgIpc) is 3.00. The highest BCUT2D eigenvalue weighted by Gasteiger charge is 2.58. The predicted octanol–water partition coefficient (Wildman–Crippen LogP) is 10.7. The van der Waals surface area contributed by atoms with Crippen molar-refractivity contribution in [3.63, 3.8) is 0 Å². The Hall–Kier alpha value is -2.56. The highest BCUT2D eigenvalue weighted by Crippen LogP contribution is 2.64. The molecule has 0 spiro atoms. The van der Waals surface area contributed by atoms with Gasteiger partial charge in [-0.25, -0.2) is 0 Å². The van der Waals surface area contributed by atoms with Crippen molar-refractivity contribution < 1.29 is 19.3 Å². The summed E-state index contributed by atoms with van der Waals surface area (Å²) in [6, 6.07) is 21.2. The maximum absolute atomic E-state index is 11.1. The van der Waals surface area contributed by atoms with Gasteiger partial charge in [0.15, 0.2) is 6.29 Å². The summed E-state index contributed by atoms with van der Waals surface area (Å²) in [6.45, 7) is 16.7. The van der Waals surface area contributed by atoms with Gasteiger partial charge in [-0.2, -0.15) is 0 Å². The molecule has 3 atom stereocenters. The third-order valence-corrected chi connectivity index (χ3v) is 12.1. The number of hydrogen-bond donors (Lipinski definition) is 1. The Bertz CT molecular complexity index is 1430. The molecule has 4 fully saturated rings. The molecule has 0 heterocycles. The molecule has 0 saturated heterocycles. The highest BCUT2D eigenvalue weighted by molar-refractivity contribution is 5.93. The summed E-state index contributed by atoms with van der Waals surface area (Å²) in [5.74, 6) is 5.33. The molecule has 4 heteroatoms. The van der Waals surface area contributed by atoms with Crippen LogP contribution in [0.1, 0.15) is 117 Å². The van der Waals surface area contributed by atoms with Crippen LogP contribution in [0.25, 0.3) is 10.8 Å². The second-order valence-electron chi connectivity index (χ2n) is 16.9. The third-order valence-electron chi connectivity index (χ3n) is 12.1. The molecule has 0 amide bonds. The quantitative estimate of drug-likeness (QED) is 0.192. The van der Waals surface area contributed by atoms with Crippen molar-refractivity contribution in [1.82, 2.24) is 0 Å². The van der Waals surface area contributed by atoms with E-state index in [-0.39, 0.29) is 23.0 Å². The van der Waals surface area contributed by atoms with Gasteiger partial charge in [-0.15, -0.1) is 0 Å². The van der Waals surface area contributed by atoms with E-state index in [4.69, 9.17) is 14.2 Å². The van der Waals surface area contributed by atoms with Crippen LogP contribution in [-0.2, 0) is 11.3 Å². The van der Waals surface area contributed by atoms with Gasteiger partial charge in [-0.3, -0.25) is 0 Å². The molecular formula is C42H58O4. The van der Waals surface area contributed by atoms with Crippen molar-refractivity contribution in [2.24, 2.45) is 34.5 Å². The van der Waals surface area contributed by atoms with Crippen LogP contribution in [0.15, 0.2) is 60.7 Å². The van der Waals surface area contributed by atoms with Crippen LogP contribution < -0.4 is 9.47 Å². The molecule has 7 rings (SSSR count). The minimum absolute atomic E-state index is 0.0962. The van der Waals surface area contributed by atoms with Gasteiger partial charge in [0.1, 0.15) is 24.7 Å². The minimum atomic E-state index is -0.983. The number of aliphatic hydroxyl groups excluding tert-OH is 1. The molecule has 4 nitrogen and oxygen atoms in total. The lowest BCUT2D eigenvalue weighted by Crippen LogP contribution is -2.58. The molecule has 4 saturated carbocycles. The van der Waals surface area contributed by atoms with Crippen LogP contribution >= 0.6 is 0 Å². The number of aliphatic hydroxyl groups is 1. The van der Waals surface area contributed by atoms with Crippen LogP contribution in [0.4, 0.5) is 0 Å². The summed E-state index contributed by atoms with van der Waals surface area (Å²) in [4.78, 5) is 0. The summed E-state index contributed by atoms with van der Waals surface area (Å²) in [5, 5.41) is 13.0. The second-order valence-corrected chi connectivity index (χ2v) is 16.9. The minimum Gasteiger partial charge on any atom is -0.488 e. The van der Waals surface area contributed by atoms with E-state index in [0.717, 1.165) is 45.6 Å². The van der Waals surface area contributed by atoms with E-state index in [9.17, 15) is 5.11 Å². The average molecular weight is 627 g/mol. The standard InChI is InChI=1S/C42H58O4/c1-8-28(2)19-36(40(3,4)5)33-17-15-29(16-18-33)26-44-37-13-9-12-35-34(37)11-10-14-38(35)45-27-39(43)46-41(6,7)42-23-30-20-31(24-42)22-32(21-30)25-42/h9-18,28,30-32,36,39,43H,8,19-27H2,1-7H3. The topological polar surface area (TPSA) is 47.9 Å². The van der Waals surface area contributed by atoms with E-state index in [1.165, 1.54) is 56.9 Å². The molecule has 1 N–H and O–H groups in total. The Morgan fingerprint density at radius 2 is 1.33 bits per heavy atom. The lowest BCUT2D eigenvalue weighted by Gasteiger charge is -2.62. The first-order valence-corrected chi connectivity index (χ1v) is 18.1. The first-order chi connectivity index (χ1) is 21.9. The number of fused-ring (bicyclic) bond motifs is 1. The van der Waals surface area contributed by atoms with E-state index >= 15 is 0 Å². The van der Waals surface area contributed by atoms with Crippen LogP contribution in [0.3, 0.4) is 0 Å². The highest BCUT2D eigenvalue weighted by atomic mass is 16.6. The molecule has 46 heavy (non-hydrogen) atoms. The van der Waals surface area contributed by atoms with Gasteiger partial charge in [-0.05, 0) is 122 Å². The van der Waals surface area contributed by atoms with Gasteiger partial charge >= 0.3 is 0 Å². The van der Waals surface area contributed by atoms with E-state index in [0.29, 0.717) is 18.4 Å². The van der Waals surface area contributed by atoms with Gasteiger partial charge in [0.25, 0.3) is 0 Å². The molecule has 4 aliphatic rings. The Morgan fingerprint density at radius 3 is 1.85 bits per heavy atom. The smallest absolute Gasteiger partial charge is 0.189 e. The Labute approximate surface area is 278 Å². The Kier molecular flexibility index (Phi) is 9.53. The molecule has 4 bridgehead atoms. The molecule has 0 aromatic heterocycles. The fourth-order valence-corrected chi connectivity index (χ4v) is 9.58. The maximum Gasteiger partial charge on any atom is 0.189 e. The zero-order valence-corrected chi connectivity index (χ0v) is 29.5. The number of hydrogen-bond acceptors (Lipinski definition) is 4. The Morgan fingerprint density at radius 1 is 0.783 bits per heavy atom. The predicted molar refractivity (Wildman–Crippen MR) is 188 cm³/mol. The van der Waals surface area contributed by atoms with Crippen LogP contribution in [0.5, 0.6) is 11.5 Å². The van der Waals surface area contributed by atoms with Crippen molar-refractivity contribution in [2.75, 3.05) is 6.61 Å². The summed E-state index contributed by atoms with van der Waals surface area (Å²) >= 11 is 0. The van der Waals surface area contributed by atoms with Crippen molar-refractivity contribution >= 4 is 10.8 Å². The first-order valence-electron chi connectivity index (χ1n) is 18.1. The van der Waals surface area contributed by atoms with E-state index < -0.39 is 6.29 Å². The largest absolute Gasteiger partial charge is 0.488 e. The molecule has 3 unspecified atom stereocenters. The molecule has 0 radical (unpaired) electrons. The SMILES string of the molecule is CCC(C)CC(c1ccc(COc2cccc3c(OCC(O)OC(C)(C)C45CC6CC(CC(C6)C4)C5)cccc23)cc1)C(C)(C)C. The van der Waals surface area contributed by atoms with Crippen LogP contribution in [-0.4, -0.2) is 23.6 Å². The molecule has 0 aliphatic heterocycles. The molecule has 250 valence electrons. The molecular weight excluding hydrogens is 568 g/mol. The fourth-order valence-electron chi connectivity index (χ4n) is 9.58. The van der Waals surface area contributed by atoms with Crippen molar-refractivity contribution in [3.8, 4) is 11.5 Å². The van der Waals surface area contributed by atoms with E-state index in [1.807, 2.05) is 24.3 Å². The fraction of sp³-hybridized carbons (Fsp3) is 0.619. The van der Waals surface area contributed by atoms with E-state index in [1.54, 1.807) is 0 Å². The normalized spacial score (nSPS) is 26.2. The van der Waals surface area contributed by atoms with Crippen molar-refractivity contribution in [3.05, 3.63) is 71.8 Å². The number of ether oxygens (including phenoxy) is 3. The Balaban J connectivity index is 1.08. The molecule has 3 aromatic rings. The summed E-state index contributed by atoms with van der Waals surface area (Å²) < 4.78 is 19.1. The number of rotatable bonds is 13. The van der Waals surface area contributed by atoms with Crippen LogP contribution in [0.2, 0.25) is 0 Å². The summed E-state index contributed by atoms with van der Waals surface area (Å²) in [6.07, 6.45) is 9.36. The zero-order valence-electron chi connectivity index (χ0n) is 29.5. The van der Waals surface area contributed by atoms with Gasteiger partial charge in [0.05, 0.1) is 5.60 Å². The third kappa shape index (κ3) is 6.99. The lowest BCUT2D eigenvalue weighted by atomic mass is 9.46. The van der Waals surface area contributed by atoms with Gasteiger partial charge in [0, 0.05) is 10.8 Å². The van der Waals surface area contributed by atoms with E-state index in [2.05, 4.69) is 84.9 Å². The monoisotopic (exact) mass is 626 g/mol. The van der Waals surface area contributed by atoms with Crippen molar-refractivity contribution in [1.29, 1.82) is 0 Å². The second kappa shape index (κ2) is 13.2. The molecule has 4 aliphatic carbocycles. The number of benzene rings is 3. The van der Waals surface area contributed by atoms with Gasteiger partial charge < -0.3 is 19.3 Å². The van der Waals surface area contributed by atoms with Gasteiger partial charge in [0.2, 0.25) is 0 Å². The molecule has 3 aromatic carbocycles. The zero-order chi connectivity index (χ0) is 32.7. The summed E-state index contributed by atoms with van der Waals surface area (Å²) in [5.41, 5.74) is 2.58. The van der Waals surface area contributed by atoms with Crippen molar-refractivity contribution in [2.45, 2.75) is 124 Å². The first kappa shape index (κ1) is 33.3. The van der Waals surface area contributed by atoms with Gasteiger partial charge in [-0.1, -0.05) is 89.6 Å². The summed E-state index contributed by atoms with van der Waals surface area (Å²) in [7, 11) is 0. The van der Waals surface area contributed by atoms with Crippen LogP contribution in [0, 0.1) is 34.5 Å².